The molecular weight excluding hydrogens is 787 g/mol. The van der Waals surface area contributed by atoms with Crippen LogP contribution in [0.4, 0.5) is 0 Å². The van der Waals surface area contributed by atoms with Crippen LogP contribution in [0.2, 0.25) is 0 Å². The van der Waals surface area contributed by atoms with Gasteiger partial charge in [0, 0.05) is 32.8 Å². The van der Waals surface area contributed by atoms with Gasteiger partial charge in [0.2, 0.25) is 0 Å². The Morgan fingerprint density at radius 3 is 1.34 bits per heavy atom. The fourth-order valence-corrected chi connectivity index (χ4v) is 9.91. The van der Waals surface area contributed by atoms with E-state index in [1.165, 1.54) is 82.3 Å². The van der Waals surface area contributed by atoms with Crippen LogP contribution in [0.25, 0.3) is 127 Å². The fraction of sp³-hybridized carbons (Fsp3) is 0. The third-order valence-electron chi connectivity index (χ3n) is 13.3. The molecule has 13 aromatic rings. The molecule has 0 amide bonds. The lowest BCUT2D eigenvalue weighted by Gasteiger charge is -2.11. The number of fused-ring (bicyclic) bond motifs is 10. The molecule has 302 valence electrons. The van der Waals surface area contributed by atoms with Gasteiger partial charge in [0.1, 0.15) is 0 Å². The van der Waals surface area contributed by atoms with Crippen molar-refractivity contribution in [1.29, 1.82) is 0 Å². The van der Waals surface area contributed by atoms with E-state index in [4.69, 9.17) is 9.97 Å². The Labute approximate surface area is 376 Å². The van der Waals surface area contributed by atoms with Gasteiger partial charge in [-0.2, -0.15) is 0 Å². The molecule has 0 unspecified atom stereocenters. The highest BCUT2D eigenvalue weighted by Crippen LogP contribution is 2.38. The molecule has 0 saturated heterocycles. The normalized spacial score (nSPS) is 11.7. The molecule has 3 heteroatoms. The minimum absolute atomic E-state index is 0.869. The Morgan fingerprint density at radius 2 is 0.708 bits per heavy atom. The summed E-state index contributed by atoms with van der Waals surface area (Å²) in [6.45, 7) is 0. The predicted octanol–water partition coefficient (Wildman–Crippen LogP) is 16.5. The summed E-state index contributed by atoms with van der Waals surface area (Å²) in [6.07, 6.45) is 1.91. The Morgan fingerprint density at radius 1 is 0.277 bits per heavy atom. The zero-order valence-corrected chi connectivity index (χ0v) is 35.4. The van der Waals surface area contributed by atoms with Gasteiger partial charge in [0.15, 0.2) is 0 Å². The van der Waals surface area contributed by atoms with Crippen molar-refractivity contribution < 1.29 is 0 Å². The fourth-order valence-electron chi connectivity index (χ4n) is 9.91. The van der Waals surface area contributed by atoms with Crippen LogP contribution in [-0.2, 0) is 0 Å². The van der Waals surface area contributed by atoms with Gasteiger partial charge in [-0.3, -0.25) is 4.98 Å². The first-order valence-corrected chi connectivity index (χ1v) is 22.2. The average molecular weight is 826 g/mol. The zero-order chi connectivity index (χ0) is 42.8. The second-order valence-electron chi connectivity index (χ2n) is 17.0. The second-order valence-corrected chi connectivity index (χ2v) is 17.0. The maximum atomic E-state index is 5.19. The predicted molar refractivity (Wildman–Crippen MR) is 274 cm³/mol. The van der Waals surface area contributed by atoms with Crippen molar-refractivity contribution in [3.8, 4) is 61.5 Å². The van der Waals surface area contributed by atoms with Crippen LogP contribution in [0.15, 0.2) is 237 Å². The largest absolute Gasteiger partial charge is 0.309 e. The molecule has 0 N–H and O–H groups in total. The van der Waals surface area contributed by atoms with Gasteiger partial charge in [0.05, 0.1) is 34.0 Å². The molecule has 13 rings (SSSR count). The number of rotatable bonds is 6. The second kappa shape index (κ2) is 15.0. The lowest BCUT2D eigenvalue weighted by atomic mass is 9.97. The number of benzene rings is 11. The topological polar surface area (TPSA) is 30.7 Å². The van der Waals surface area contributed by atoms with E-state index in [1.54, 1.807) is 0 Å². The van der Waals surface area contributed by atoms with Crippen LogP contribution in [0, 0.1) is 0 Å². The molecule has 65 heavy (non-hydrogen) atoms. The highest BCUT2D eigenvalue weighted by Gasteiger charge is 2.15. The van der Waals surface area contributed by atoms with E-state index >= 15 is 0 Å². The molecule has 0 atom stereocenters. The lowest BCUT2D eigenvalue weighted by molar-refractivity contribution is 1.18. The van der Waals surface area contributed by atoms with Crippen molar-refractivity contribution in [2.45, 2.75) is 0 Å². The quantitative estimate of drug-likeness (QED) is 0.156. The number of para-hydroxylation sites is 1. The summed E-state index contributed by atoms with van der Waals surface area (Å²) in [7, 11) is 0. The van der Waals surface area contributed by atoms with Crippen LogP contribution in [0.5, 0.6) is 0 Å². The van der Waals surface area contributed by atoms with Crippen molar-refractivity contribution in [2.24, 2.45) is 0 Å². The van der Waals surface area contributed by atoms with Crippen molar-refractivity contribution in [3.63, 3.8) is 0 Å². The standard InChI is InChI=1S/C62H39N3/c1-2-10-48-37-49(30-27-40(48)9-1)46-31-34-51(35-32-46)65-59-16-8-7-13-54(59)55-36-33-50(38-60(55)65)45-23-21-43(22-24-45)41-17-19-42(20-18-41)44-25-28-47(29-26-44)58-39-63-61-56-14-5-3-11-52(56)53-12-4-6-15-57(53)62(61)64-58/h1-39H. The summed E-state index contributed by atoms with van der Waals surface area (Å²) in [6, 6.07) is 83.3. The van der Waals surface area contributed by atoms with Gasteiger partial charge in [-0.05, 0) is 96.4 Å². The summed E-state index contributed by atoms with van der Waals surface area (Å²) in [5.74, 6) is 0. The van der Waals surface area contributed by atoms with E-state index in [1.807, 2.05) is 6.20 Å². The Hall–Kier alpha value is -8.66. The molecule has 11 aromatic carbocycles. The van der Waals surface area contributed by atoms with Gasteiger partial charge in [-0.15, -0.1) is 0 Å². The molecular formula is C62H39N3. The number of hydrogen-bond acceptors (Lipinski definition) is 2. The molecule has 0 fully saturated rings. The Bertz CT molecular complexity index is 3920. The van der Waals surface area contributed by atoms with Gasteiger partial charge < -0.3 is 4.57 Å². The van der Waals surface area contributed by atoms with Crippen LogP contribution in [0.1, 0.15) is 0 Å². The first-order chi connectivity index (χ1) is 32.2. The van der Waals surface area contributed by atoms with E-state index in [0.717, 1.165) is 44.3 Å². The SMILES string of the molecule is c1ccc2cc(-c3ccc(-n4c5ccccc5c5ccc(-c6ccc(-c7ccc(-c8ccc(-c9cnc%10c%11ccccc%11c%11ccccc%11c%10n9)cc8)cc7)cc6)cc54)cc3)ccc2c1. The molecule has 0 aliphatic rings. The monoisotopic (exact) mass is 825 g/mol. The van der Waals surface area contributed by atoms with Crippen molar-refractivity contribution in [3.05, 3.63) is 237 Å². The van der Waals surface area contributed by atoms with Crippen molar-refractivity contribution in [1.82, 2.24) is 14.5 Å². The van der Waals surface area contributed by atoms with Crippen molar-refractivity contribution in [2.75, 3.05) is 0 Å². The van der Waals surface area contributed by atoms with Crippen LogP contribution in [-0.4, -0.2) is 14.5 Å². The minimum Gasteiger partial charge on any atom is -0.309 e. The molecule has 0 bridgehead atoms. The average Bonchev–Trinajstić information content (AvgIpc) is 3.72. The smallest absolute Gasteiger partial charge is 0.0979 e. The van der Waals surface area contributed by atoms with Crippen LogP contribution in [0.3, 0.4) is 0 Å². The molecule has 2 heterocycles. The van der Waals surface area contributed by atoms with Gasteiger partial charge in [0.25, 0.3) is 0 Å². The first-order valence-electron chi connectivity index (χ1n) is 22.2. The summed E-state index contributed by atoms with van der Waals surface area (Å²) in [4.78, 5) is 10.2. The molecule has 3 nitrogen and oxygen atoms in total. The third-order valence-corrected chi connectivity index (χ3v) is 13.3. The molecule has 0 saturated carbocycles. The van der Waals surface area contributed by atoms with E-state index in [9.17, 15) is 0 Å². The summed E-state index contributed by atoms with van der Waals surface area (Å²) in [5.41, 5.74) is 16.9. The highest BCUT2D eigenvalue weighted by atomic mass is 15.0. The van der Waals surface area contributed by atoms with Gasteiger partial charge >= 0.3 is 0 Å². The van der Waals surface area contributed by atoms with Crippen LogP contribution >= 0.6 is 0 Å². The molecule has 0 aliphatic heterocycles. The highest BCUT2D eigenvalue weighted by molar-refractivity contribution is 6.23. The molecule has 0 spiro atoms. The summed E-state index contributed by atoms with van der Waals surface area (Å²) >= 11 is 0. The van der Waals surface area contributed by atoms with Crippen LogP contribution < -0.4 is 0 Å². The maximum absolute atomic E-state index is 5.19. The summed E-state index contributed by atoms with van der Waals surface area (Å²) in [5, 5.41) is 9.67. The first kappa shape index (κ1) is 36.9. The number of aromatic nitrogens is 3. The zero-order valence-electron chi connectivity index (χ0n) is 35.4. The van der Waals surface area contributed by atoms with Gasteiger partial charge in [-0.25, -0.2) is 4.98 Å². The van der Waals surface area contributed by atoms with E-state index in [2.05, 4.69) is 235 Å². The van der Waals surface area contributed by atoms with E-state index in [-0.39, 0.29) is 0 Å². The van der Waals surface area contributed by atoms with Gasteiger partial charge in [-0.1, -0.05) is 200 Å². The summed E-state index contributed by atoms with van der Waals surface area (Å²) < 4.78 is 2.41. The Kier molecular flexibility index (Phi) is 8.53. The van der Waals surface area contributed by atoms with E-state index in [0.29, 0.717) is 0 Å². The van der Waals surface area contributed by atoms with E-state index < -0.39 is 0 Å². The number of nitrogens with zero attached hydrogens (tertiary/aromatic N) is 3. The molecule has 0 aliphatic carbocycles. The molecule has 2 aromatic heterocycles. The number of hydrogen-bond donors (Lipinski definition) is 0. The van der Waals surface area contributed by atoms with Crippen molar-refractivity contribution >= 4 is 65.2 Å². The lowest BCUT2D eigenvalue weighted by Crippen LogP contribution is -1.94. The minimum atomic E-state index is 0.869. The molecule has 0 radical (unpaired) electrons. The maximum Gasteiger partial charge on any atom is 0.0979 e. The Balaban J connectivity index is 0.765. The third kappa shape index (κ3) is 6.28.